The van der Waals surface area contributed by atoms with Gasteiger partial charge in [0.15, 0.2) is 0 Å². The first-order valence-electron chi connectivity index (χ1n) is 7.65. The number of nitrogens with zero attached hydrogens (tertiary/aromatic N) is 2. The molecule has 0 saturated heterocycles. The quantitative estimate of drug-likeness (QED) is 0.841. The molecule has 0 aromatic carbocycles. The molecule has 23 heavy (non-hydrogen) atoms. The molecule has 2 aromatic heterocycles. The fraction of sp³-hybridized carbons (Fsp3) is 0.353. The van der Waals surface area contributed by atoms with E-state index in [-0.39, 0.29) is 5.91 Å². The maximum absolute atomic E-state index is 12.5. The lowest BCUT2D eigenvalue weighted by Crippen LogP contribution is -2.29. The Labute approximate surface area is 140 Å². The molecule has 120 valence electrons. The second-order valence-corrected chi connectivity index (χ2v) is 6.29. The van der Waals surface area contributed by atoms with Crippen molar-refractivity contribution in [2.24, 2.45) is 0 Å². The van der Waals surface area contributed by atoms with Gasteiger partial charge < -0.3 is 10.6 Å². The summed E-state index contributed by atoms with van der Waals surface area (Å²) < 4.78 is 0. The minimum atomic E-state index is -0.0895. The van der Waals surface area contributed by atoms with Crippen LogP contribution in [-0.4, -0.2) is 28.7 Å². The third-order valence-corrected chi connectivity index (χ3v) is 4.82. The summed E-state index contributed by atoms with van der Waals surface area (Å²) in [6.45, 7) is 4.32. The molecule has 0 radical (unpaired) electrons. The van der Waals surface area contributed by atoms with Crippen LogP contribution in [0.4, 0.5) is 0 Å². The molecule has 1 aliphatic heterocycles. The van der Waals surface area contributed by atoms with Gasteiger partial charge in [-0.15, -0.1) is 11.8 Å². The number of rotatable bonds is 4. The van der Waals surface area contributed by atoms with Crippen LogP contribution >= 0.6 is 11.8 Å². The number of fused-ring (bicyclic) bond motifs is 1. The number of nitrogens with one attached hydrogen (secondary N) is 2. The summed E-state index contributed by atoms with van der Waals surface area (Å²) in [7, 11) is 0. The van der Waals surface area contributed by atoms with Crippen LogP contribution < -0.4 is 10.6 Å². The number of pyridine rings is 2. The van der Waals surface area contributed by atoms with Gasteiger partial charge >= 0.3 is 0 Å². The molecule has 0 fully saturated rings. The van der Waals surface area contributed by atoms with Gasteiger partial charge in [0.05, 0.1) is 5.56 Å². The molecule has 2 N–H and O–H groups in total. The van der Waals surface area contributed by atoms with Crippen molar-refractivity contribution in [1.82, 2.24) is 20.6 Å². The largest absolute Gasteiger partial charge is 0.348 e. The highest BCUT2D eigenvalue weighted by molar-refractivity contribution is 7.98. The normalized spacial score (nSPS) is 13.5. The van der Waals surface area contributed by atoms with Crippen LogP contribution in [0.1, 0.15) is 32.7 Å². The van der Waals surface area contributed by atoms with Gasteiger partial charge in [-0.3, -0.25) is 9.78 Å². The van der Waals surface area contributed by atoms with E-state index in [9.17, 15) is 4.79 Å². The fourth-order valence-electron chi connectivity index (χ4n) is 2.87. The van der Waals surface area contributed by atoms with Crippen LogP contribution in [-0.2, 0) is 19.5 Å². The summed E-state index contributed by atoms with van der Waals surface area (Å²) in [6.07, 6.45) is 6.55. The van der Waals surface area contributed by atoms with Crippen LogP contribution in [0.25, 0.3) is 0 Å². The number of thioether (sulfide) groups is 1. The lowest BCUT2D eigenvalue weighted by molar-refractivity contribution is 0.0947. The summed E-state index contributed by atoms with van der Waals surface area (Å²) >= 11 is 1.48. The number of carbonyl (C=O) groups is 1. The molecule has 5 nitrogen and oxygen atoms in total. The van der Waals surface area contributed by atoms with Crippen molar-refractivity contribution in [1.29, 1.82) is 0 Å². The smallest absolute Gasteiger partial charge is 0.254 e. The number of aromatic nitrogens is 2. The Morgan fingerprint density at radius 1 is 1.43 bits per heavy atom. The first kappa shape index (κ1) is 16.0. The van der Waals surface area contributed by atoms with E-state index in [1.165, 1.54) is 22.9 Å². The second-order valence-electron chi connectivity index (χ2n) is 5.50. The summed E-state index contributed by atoms with van der Waals surface area (Å²) in [5.74, 6) is -0.0895. The van der Waals surface area contributed by atoms with Crippen molar-refractivity contribution in [3.8, 4) is 0 Å². The molecular formula is C17H20N4OS. The molecule has 0 atom stereocenters. The maximum Gasteiger partial charge on any atom is 0.254 e. The second kappa shape index (κ2) is 7.10. The van der Waals surface area contributed by atoms with Crippen molar-refractivity contribution in [3.63, 3.8) is 0 Å². The zero-order chi connectivity index (χ0) is 16.2. The molecular weight excluding hydrogens is 308 g/mol. The van der Waals surface area contributed by atoms with Crippen molar-refractivity contribution in [2.45, 2.75) is 31.5 Å². The van der Waals surface area contributed by atoms with Crippen molar-refractivity contribution >= 4 is 17.7 Å². The van der Waals surface area contributed by atoms with Crippen molar-refractivity contribution in [3.05, 3.63) is 52.5 Å². The molecule has 6 heteroatoms. The Morgan fingerprint density at radius 2 is 2.30 bits per heavy atom. The number of amides is 1. The Balaban J connectivity index is 1.80. The third kappa shape index (κ3) is 3.38. The van der Waals surface area contributed by atoms with Crippen LogP contribution in [0, 0.1) is 6.92 Å². The Kier molecular flexibility index (Phi) is 4.93. The van der Waals surface area contributed by atoms with Gasteiger partial charge in [0.25, 0.3) is 5.91 Å². The zero-order valence-corrected chi connectivity index (χ0v) is 14.2. The number of carbonyl (C=O) groups excluding carboxylic acids is 1. The minimum Gasteiger partial charge on any atom is -0.348 e. The van der Waals surface area contributed by atoms with E-state index in [0.717, 1.165) is 35.8 Å². The van der Waals surface area contributed by atoms with Crippen LogP contribution in [0.5, 0.6) is 0 Å². The van der Waals surface area contributed by atoms with Gasteiger partial charge in [0, 0.05) is 31.2 Å². The van der Waals surface area contributed by atoms with Crippen LogP contribution in [0.3, 0.4) is 0 Å². The topological polar surface area (TPSA) is 66.9 Å². The van der Waals surface area contributed by atoms with Crippen LogP contribution in [0.15, 0.2) is 29.6 Å². The summed E-state index contributed by atoms with van der Waals surface area (Å²) in [5.41, 5.74) is 5.32. The van der Waals surface area contributed by atoms with E-state index in [1.54, 1.807) is 12.3 Å². The average Bonchev–Trinajstić information content (AvgIpc) is 2.60. The molecule has 1 amide bonds. The third-order valence-electron chi connectivity index (χ3n) is 4.10. The van der Waals surface area contributed by atoms with Crippen molar-refractivity contribution < 1.29 is 4.79 Å². The molecule has 3 rings (SSSR count). The van der Waals surface area contributed by atoms with E-state index >= 15 is 0 Å². The SMILES string of the molecule is CSc1ncccc1C(=O)NCc1c(C)ncc2c1CCNC2. The van der Waals surface area contributed by atoms with E-state index < -0.39 is 0 Å². The number of aryl methyl sites for hydroxylation is 1. The standard InChI is InChI=1S/C17H20N4OS/c1-11-15(13-5-7-18-8-12(13)9-20-11)10-21-16(22)14-4-3-6-19-17(14)23-2/h3-4,6,9,18H,5,7-8,10H2,1-2H3,(H,21,22). The number of hydrogen-bond donors (Lipinski definition) is 2. The summed E-state index contributed by atoms with van der Waals surface area (Å²) in [6, 6.07) is 3.60. The van der Waals surface area contributed by atoms with Crippen LogP contribution in [0.2, 0.25) is 0 Å². The Hall–Kier alpha value is -1.92. The molecule has 0 bridgehead atoms. The molecule has 0 spiro atoms. The zero-order valence-electron chi connectivity index (χ0n) is 13.3. The molecule has 1 aliphatic rings. The first-order chi connectivity index (χ1) is 11.2. The Bertz CT molecular complexity index is 733. The molecule has 3 heterocycles. The highest BCUT2D eigenvalue weighted by atomic mass is 32.2. The van der Waals surface area contributed by atoms with E-state index in [2.05, 4.69) is 20.6 Å². The molecule has 0 aliphatic carbocycles. The summed E-state index contributed by atoms with van der Waals surface area (Å²) in [5, 5.41) is 7.13. The van der Waals surface area contributed by atoms with E-state index in [4.69, 9.17) is 0 Å². The predicted molar refractivity (Wildman–Crippen MR) is 91.6 cm³/mol. The molecule has 0 unspecified atom stereocenters. The lowest BCUT2D eigenvalue weighted by Gasteiger charge is -2.21. The molecule has 2 aromatic rings. The van der Waals surface area contributed by atoms with Gasteiger partial charge in [-0.25, -0.2) is 4.98 Å². The van der Waals surface area contributed by atoms with Gasteiger partial charge in [0.1, 0.15) is 5.03 Å². The lowest BCUT2D eigenvalue weighted by atomic mass is 9.96. The van der Waals surface area contributed by atoms with Crippen molar-refractivity contribution in [2.75, 3.05) is 12.8 Å². The fourth-order valence-corrected chi connectivity index (χ4v) is 3.41. The highest BCUT2D eigenvalue weighted by Gasteiger charge is 2.17. The maximum atomic E-state index is 12.5. The van der Waals surface area contributed by atoms with Gasteiger partial charge in [-0.1, -0.05) is 0 Å². The summed E-state index contributed by atoms with van der Waals surface area (Å²) in [4.78, 5) is 21.2. The van der Waals surface area contributed by atoms with E-state index in [0.29, 0.717) is 12.1 Å². The van der Waals surface area contributed by atoms with E-state index in [1.807, 2.05) is 25.4 Å². The minimum absolute atomic E-state index is 0.0895. The number of hydrogen-bond acceptors (Lipinski definition) is 5. The molecule has 0 saturated carbocycles. The highest BCUT2D eigenvalue weighted by Crippen LogP contribution is 2.21. The Morgan fingerprint density at radius 3 is 3.13 bits per heavy atom. The van der Waals surface area contributed by atoms with Gasteiger partial charge in [-0.2, -0.15) is 0 Å². The predicted octanol–water partition coefficient (Wildman–Crippen LogP) is 2.08. The van der Waals surface area contributed by atoms with Gasteiger partial charge in [0.2, 0.25) is 0 Å². The first-order valence-corrected chi connectivity index (χ1v) is 8.87. The van der Waals surface area contributed by atoms with Gasteiger partial charge in [-0.05, 0) is 55.0 Å². The monoisotopic (exact) mass is 328 g/mol. The average molecular weight is 328 g/mol.